The maximum Gasteiger partial charge on any atom is 0.167 e. The maximum atomic E-state index is 11.9. The second-order valence-electron chi connectivity index (χ2n) is 3.83. The minimum absolute atomic E-state index is 0.103. The van der Waals surface area contributed by atoms with Crippen molar-refractivity contribution in [2.45, 2.75) is 12.8 Å². The molecule has 0 bridgehead atoms. The zero-order valence-corrected chi connectivity index (χ0v) is 10.0. The Kier molecular flexibility index (Phi) is 3.06. The van der Waals surface area contributed by atoms with Crippen LogP contribution in [0.5, 0.6) is 11.5 Å². The molecule has 1 fully saturated rings. The van der Waals surface area contributed by atoms with Crippen molar-refractivity contribution < 1.29 is 14.3 Å². The lowest BCUT2D eigenvalue weighted by molar-refractivity contribution is 0.0967. The van der Waals surface area contributed by atoms with E-state index < -0.39 is 0 Å². The number of ether oxygens (including phenoxy) is 2. The maximum absolute atomic E-state index is 11.9. The molecule has 1 aliphatic carbocycles. The van der Waals surface area contributed by atoms with Crippen molar-refractivity contribution in [2.24, 2.45) is 5.92 Å². The van der Waals surface area contributed by atoms with E-state index in [1.54, 1.807) is 12.1 Å². The summed E-state index contributed by atoms with van der Waals surface area (Å²) in [5.74, 6) is 1.33. The van der Waals surface area contributed by atoms with Crippen LogP contribution < -0.4 is 9.47 Å². The lowest BCUT2D eigenvalue weighted by Gasteiger charge is -2.10. The fraction of sp³-hybridized carbons (Fsp3) is 0.417. The third-order valence-electron chi connectivity index (χ3n) is 2.69. The second-order valence-corrected chi connectivity index (χ2v) is 4.23. The van der Waals surface area contributed by atoms with Gasteiger partial charge in [0.05, 0.1) is 19.2 Å². The van der Waals surface area contributed by atoms with Crippen molar-refractivity contribution in [1.29, 1.82) is 0 Å². The van der Waals surface area contributed by atoms with Crippen LogP contribution in [0.3, 0.4) is 0 Å². The Bertz CT molecular complexity index is 425. The molecule has 1 aromatic carbocycles. The van der Waals surface area contributed by atoms with E-state index in [9.17, 15) is 4.79 Å². The lowest BCUT2D eigenvalue weighted by atomic mass is 10.1. The Labute approximate surface area is 99.3 Å². The number of Topliss-reactive ketones (excluding diaryl/α,β-unsaturated/α-hetero) is 1. The summed E-state index contributed by atoms with van der Waals surface area (Å²) in [6.45, 7) is 0. The number of methoxy groups -OCH3 is 2. The van der Waals surface area contributed by atoms with Gasteiger partial charge in [0.2, 0.25) is 0 Å². The first-order valence-electron chi connectivity index (χ1n) is 5.13. The van der Waals surface area contributed by atoms with Gasteiger partial charge in [-0.1, -0.05) is 11.6 Å². The molecule has 16 heavy (non-hydrogen) atoms. The van der Waals surface area contributed by atoms with Gasteiger partial charge in [0.1, 0.15) is 0 Å². The van der Waals surface area contributed by atoms with E-state index in [2.05, 4.69) is 0 Å². The highest BCUT2D eigenvalue weighted by Gasteiger charge is 2.32. The zero-order valence-electron chi connectivity index (χ0n) is 9.25. The Morgan fingerprint density at radius 1 is 1.25 bits per heavy atom. The van der Waals surface area contributed by atoms with Crippen molar-refractivity contribution in [1.82, 2.24) is 0 Å². The normalized spacial score (nSPS) is 14.7. The van der Waals surface area contributed by atoms with Crippen molar-refractivity contribution in [3.05, 3.63) is 22.7 Å². The Balaban J connectivity index is 2.41. The van der Waals surface area contributed by atoms with Crippen LogP contribution in [0, 0.1) is 5.92 Å². The van der Waals surface area contributed by atoms with Crippen LogP contribution in [0.4, 0.5) is 0 Å². The molecule has 2 rings (SSSR count). The number of hydrogen-bond donors (Lipinski definition) is 0. The predicted octanol–water partition coefficient (Wildman–Crippen LogP) is 2.95. The average molecular weight is 241 g/mol. The highest BCUT2D eigenvalue weighted by molar-refractivity contribution is 6.34. The summed E-state index contributed by atoms with van der Waals surface area (Å²) < 4.78 is 10.3. The van der Waals surface area contributed by atoms with E-state index >= 15 is 0 Å². The third-order valence-corrected chi connectivity index (χ3v) is 3.00. The highest BCUT2D eigenvalue weighted by atomic mass is 35.5. The van der Waals surface area contributed by atoms with Gasteiger partial charge in [-0.05, 0) is 18.9 Å². The summed E-state index contributed by atoms with van der Waals surface area (Å²) in [5.41, 5.74) is 0.529. The molecular formula is C12H13ClO3. The quantitative estimate of drug-likeness (QED) is 0.759. The SMILES string of the molecule is COc1cc(Cl)c(C(=O)C2CC2)cc1OC. The van der Waals surface area contributed by atoms with Gasteiger partial charge in [-0.25, -0.2) is 0 Å². The minimum atomic E-state index is 0.103. The number of ketones is 1. The van der Waals surface area contributed by atoms with Gasteiger partial charge in [0.15, 0.2) is 17.3 Å². The van der Waals surface area contributed by atoms with E-state index in [4.69, 9.17) is 21.1 Å². The summed E-state index contributed by atoms with van der Waals surface area (Å²) >= 11 is 6.05. The zero-order chi connectivity index (χ0) is 11.7. The van der Waals surface area contributed by atoms with Gasteiger partial charge >= 0.3 is 0 Å². The Hall–Kier alpha value is -1.22. The Morgan fingerprint density at radius 3 is 2.31 bits per heavy atom. The summed E-state index contributed by atoms with van der Waals surface area (Å²) in [4.78, 5) is 11.9. The molecule has 0 radical (unpaired) electrons. The van der Waals surface area contributed by atoms with E-state index in [1.165, 1.54) is 14.2 Å². The first kappa shape index (κ1) is 11.3. The van der Waals surface area contributed by atoms with Gasteiger partial charge in [0.25, 0.3) is 0 Å². The van der Waals surface area contributed by atoms with Crippen LogP contribution in [0.1, 0.15) is 23.2 Å². The van der Waals surface area contributed by atoms with Crippen molar-refractivity contribution in [3.63, 3.8) is 0 Å². The Morgan fingerprint density at radius 2 is 1.81 bits per heavy atom. The van der Waals surface area contributed by atoms with Crippen LogP contribution in [-0.4, -0.2) is 20.0 Å². The number of benzene rings is 1. The summed E-state index contributed by atoms with van der Waals surface area (Å²) in [7, 11) is 3.08. The molecule has 0 atom stereocenters. The molecule has 1 aliphatic rings. The average Bonchev–Trinajstić information content (AvgIpc) is 3.11. The number of rotatable bonds is 4. The number of halogens is 1. The molecule has 0 saturated heterocycles. The smallest absolute Gasteiger partial charge is 0.167 e. The molecule has 1 aromatic rings. The van der Waals surface area contributed by atoms with Gasteiger partial charge in [-0.2, -0.15) is 0 Å². The van der Waals surface area contributed by atoms with Gasteiger partial charge in [-0.3, -0.25) is 4.79 Å². The van der Waals surface area contributed by atoms with Gasteiger partial charge in [-0.15, -0.1) is 0 Å². The monoisotopic (exact) mass is 240 g/mol. The van der Waals surface area contributed by atoms with Crippen LogP contribution in [0.15, 0.2) is 12.1 Å². The van der Waals surface area contributed by atoms with Gasteiger partial charge in [0, 0.05) is 17.5 Å². The molecule has 86 valence electrons. The molecule has 4 heteroatoms. The van der Waals surface area contributed by atoms with Crippen LogP contribution in [0.25, 0.3) is 0 Å². The fourth-order valence-corrected chi connectivity index (χ4v) is 1.86. The fourth-order valence-electron chi connectivity index (χ4n) is 1.61. The first-order chi connectivity index (χ1) is 7.67. The highest BCUT2D eigenvalue weighted by Crippen LogP contribution is 2.38. The molecule has 0 aromatic heterocycles. The number of carbonyl (C=O) groups is 1. The molecule has 0 spiro atoms. The summed E-state index contributed by atoms with van der Waals surface area (Å²) in [6.07, 6.45) is 1.92. The van der Waals surface area contributed by atoms with Crippen molar-refractivity contribution in [2.75, 3.05) is 14.2 Å². The van der Waals surface area contributed by atoms with E-state index in [0.717, 1.165) is 12.8 Å². The molecule has 0 N–H and O–H groups in total. The predicted molar refractivity (Wildman–Crippen MR) is 61.6 cm³/mol. The summed E-state index contributed by atoms with van der Waals surface area (Å²) in [5, 5.41) is 0.426. The van der Waals surface area contributed by atoms with E-state index in [0.29, 0.717) is 22.1 Å². The van der Waals surface area contributed by atoms with Crippen molar-refractivity contribution in [3.8, 4) is 11.5 Å². The van der Waals surface area contributed by atoms with E-state index in [1.807, 2.05) is 0 Å². The number of carbonyl (C=O) groups excluding carboxylic acids is 1. The number of hydrogen-bond acceptors (Lipinski definition) is 3. The molecule has 0 aliphatic heterocycles. The molecule has 1 saturated carbocycles. The molecule has 0 heterocycles. The second kappa shape index (κ2) is 4.34. The topological polar surface area (TPSA) is 35.5 Å². The largest absolute Gasteiger partial charge is 0.493 e. The summed E-state index contributed by atoms with van der Waals surface area (Å²) in [6, 6.07) is 3.28. The van der Waals surface area contributed by atoms with Crippen LogP contribution in [-0.2, 0) is 0 Å². The van der Waals surface area contributed by atoms with Crippen LogP contribution >= 0.6 is 11.6 Å². The minimum Gasteiger partial charge on any atom is -0.493 e. The lowest BCUT2D eigenvalue weighted by Crippen LogP contribution is -2.03. The first-order valence-corrected chi connectivity index (χ1v) is 5.51. The molecule has 3 nitrogen and oxygen atoms in total. The van der Waals surface area contributed by atoms with Gasteiger partial charge < -0.3 is 9.47 Å². The van der Waals surface area contributed by atoms with Crippen LogP contribution in [0.2, 0.25) is 5.02 Å². The third kappa shape index (κ3) is 2.00. The van der Waals surface area contributed by atoms with E-state index in [-0.39, 0.29) is 11.7 Å². The van der Waals surface area contributed by atoms with Crippen molar-refractivity contribution >= 4 is 17.4 Å². The molecule has 0 amide bonds. The standard InChI is InChI=1S/C12H13ClO3/c1-15-10-5-8(12(14)7-3-4-7)9(13)6-11(10)16-2/h5-7H,3-4H2,1-2H3. The molecular weight excluding hydrogens is 228 g/mol. The molecule has 0 unspecified atom stereocenters.